The Labute approximate surface area is 111 Å². The normalized spacial score (nSPS) is 21.6. The van der Waals surface area contributed by atoms with E-state index in [4.69, 9.17) is 9.47 Å². The molecular weight excluding hydrogens is 230 g/mol. The number of hydrogen-bond donors (Lipinski definition) is 0. The first-order chi connectivity index (χ1) is 8.29. The molecule has 18 heavy (non-hydrogen) atoms. The van der Waals surface area contributed by atoms with Gasteiger partial charge < -0.3 is 9.47 Å². The zero-order chi connectivity index (χ0) is 13.8. The van der Waals surface area contributed by atoms with Crippen molar-refractivity contribution in [1.82, 2.24) is 4.90 Å². The molecule has 1 atom stereocenters. The zero-order valence-corrected chi connectivity index (χ0v) is 12.4. The molecule has 0 unspecified atom stereocenters. The minimum atomic E-state index is -0.403. The smallest absolute Gasteiger partial charge is 0.323 e. The highest BCUT2D eigenvalue weighted by Crippen LogP contribution is 2.20. The Kier molecular flexibility index (Phi) is 5.60. The molecule has 0 saturated carbocycles. The van der Waals surface area contributed by atoms with E-state index in [-0.39, 0.29) is 18.1 Å². The number of hydrogen-bond acceptors (Lipinski definition) is 4. The first-order valence-electron chi connectivity index (χ1n) is 6.88. The molecule has 0 aromatic rings. The van der Waals surface area contributed by atoms with Gasteiger partial charge in [-0.05, 0) is 54.0 Å². The van der Waals surface area contributed by atoms with Crippen molar-refractivity contribution in [2.75, 3.05) is 19.7 Å². The Morgan fingerprint density at radius 2 is 2.06 bits per heavy atom. The van der Waals surface area contributed by atoms with Crippen molar-refractivity contribution < 1.29 is 14.3 Å². The lowest BCUT2D eigenvalue weighted by atomic mass is 10.1. The summed E-state index contributed by atoms with van der Waals surface area (Å²) in [6, 6.07) is -0.0833. The summed E-state index contributed by atoms with van der Waals surface area (Å²) in [7, 11) is 0. The Morgan fingerprint density at radius 3 is 2.61 bits per heavy atom. The van der Waals surface area contributed by atoms with E-state index in [0.29, 0.717) is 6.61 Å². The number of ether oxygens (including phenoxy) is 2. The Balaban J connectivity index is 2.41. The maximum absolute atomic E-state index is 12.1. The van der Waals surface area contributed by atoms with Crippen molar-refractivity contribution in [3.63, 3.8) is 0 Å². The van der Waals surface area contributed by atoms with E-state index in [1.54, 1.807) is 0 Å². The maximum atomic E-state index is 12.1. The molecule has 0 N–H and O–H groups in total. The van der Waals surface area contributed by atoms with Crippen molar-refractivity contribution >= 4 is 5.97 Å². The Hall–Kier alpha value is -0.610. The molecule has 4 heteroatoms. The number of nitrogens with zero attached hydrogens (tertiary/aromatic N) is 1. The van der Waals surface area contributed by atoms with Crippen molar-refractivity contribution in [2.24, 2.45) is 0 Å². The number of likely N-dealkylation sites (tertiary alicyclic amines) is 1. The summed E-state index contributed by atoms with van der Waals surface area (Å²) in [4.78, 5) is 14.2. The fraction of sp³-hybridized carbons (Fsp3) is 0.929. The molecule has 1 aliphatic heterocycles. The van der Waals surface area contributed by atoms with Gasteiger partial charge in [0.2, 0.25) is 0 Å². The van der Waals surface area contributed by atoms with Crippen molar-refractivity contribution in [3.8, 4) is 0 Å². The summed E-state index contributed by atoms with van der Waals surface area (Å²) in [6.45, 7) is 12.2. The molecule has 1 saturated heterocycles. The van der Waals surface area contributed by atoms with E-state index in [0.717, 1.165) is 25.9 Å². The molecule has 0 radical (unpaired) electrons. The molecule has 1 fully saturated rings. The zero-order valence-electron chi connectivity index (χ0n) is 12.4. The van der Waals surface area contributed by atoms with Gasteiger partial charge in [0.05, 0.1) is 12.7 Å². The van der Waals surface area contributed by atoms with E-state index < -0.39 is 5.60 Å². The molecule has 4 nitrogen and oxygen atoms in total. The van der Waals surface area contributed by atoms with Crippen molar-refractivity contribution in [3.05, 3.63) is 0 Å². The van der Waals surface area contributed by atoms with Gasteiger partial charge in [-0.25, -0.2) is 0 Å². The van der Waals surface area contributed by atoms with Crippen LogP contribution >= 0.6 is 0 Å². The van der Waals surface area contributed by atoms with Crippen LogP contribution in [0.15, 0.2) is 0 Å². The summed E-state index contributed by atoms with van der Waals surface area (Å²) in [5, 5.41) is 0. The number of esters is 1. The summed E-state index contributed by atoms with van der Waals surface area (Å²) in [6.07, 6.45) is 2.20. The van der Waals surface area contributed by atoms with Crippen LogP contribution in [0.3, 0.4) is 0 Å². The highest BCUT2D eigenvalue weighted by Gasteiger charge is 2.33. The summed E-state index contributed by atoms with van der Waals surface area (Å²) in [5.74, 6) is -0.0930. The fourth-order valence-corrected chi connectivity index (χ4v) is 2.14. The molecule has 0 amide bonds. The van der Waals surface area contributed by atoms with Gasteiger partial charge in [-0.15, -0.1) is 0 Å². The monoisotopic (exact) mass is 257 g/mol. The van der Waals surface area contributed by atoms with Crippen LogP contribution in [-0.4, -0.2) is 48.3 Å². The predicted molar refractivity (Wildman–Crippen MR) is 71.5 cm³/mol. The third kappa shape index (κ3) is 5.36. The Bertz CT molecular complexity index is 271. The molecule has 106 valence electrons. The van der Waals surface area contributed by atoms with Crippen LogP contribution in [0, 0.1) is 0 Å². The van der Waals surface area contributed by atoms with Gasteiger partial charge in [-0.3, -0.25) is 9.69 Å². The van der Waals surface area contributed by atoms with Crippen LogP contribution in [0.5, 0.6) is 0 Å². The summed E-state index contributed by atoms with van der Waals surface area (Å²) >= 11 is 0. The quantitative estimate of drug-likeness (QED) is 0.708. The second-order valence-electron chi connectivity index (χ2n) is 6.15. The van der Waals surface area contributed by atoms with Crippen LogP contribution in [0.2, 0.25) is 0 Å². The van der Waals surface area contributed by atoms with E-state index in [1.165, 1.54) is 0 Å². The average molecular weight is 257 g/mol. The van der Waals surface area contributed by atoms with Gasteiger partial charge in [0.15, 0.2) is 0 Å². The van der Waals surface area contributed by atoms with Crippen LogP contribution in [0.25, 0.3) is 0 Å². The van der Waals surface area contributed by atoms with Crippen LogP contribution in [0.4, 0.5) is 0 Å². The van der Waals surface area contributed by atoms with E-state index >= 15 is 0 Å². The average Bonchev–Trinajstić information content (AvgIpc) is 2.62. The van der Waals surface area contributed by atoms with Crippen LogP contribution in [-0.2, 0) is 14.3 Å². The molecule has 0 bridgehead atoms. The first kappa shape index (κ1) is 15.4. The lowest BCUT2D eigenvalue weighted by molar-refractivity contribution is -0.160. The molecule has 1 heterocycles. The second-order valence-corrected chi connectivity index (χ2v) is 6.15. The van der Waals surface area contributed by atoms with Gasteiger partial charge in [0.25, 0.3) is 0 Å². The van der Waals surface area contributed by atoms with Gasteiger partial charge in [0, 0.05) is 6.54 Å². The third-order valence-electron chi connectivity index (χ3n) is 2.87. The molecular formula is C14H27NO3. The molecule has 0 aliphatic carbocycles. The first-order valence-corrected chi connectivity index (χ1v) is 6.88. The fourth-order valence-electron chi connectivity index (χ4n) is 2.14. The number of carbonyl (C=O) groups excluding carboxylic acids is 1. The second kappa shape index (κ2) is 6.53. The van der Waals surface area contributed by atoms with Gasteiger partial charge in [-0.1, -0.05) is 0 Å². The van der Waals surface area contributed by atoms with E-state index in [1.807, 2.05) is 34.6 Å². The third-order valence-corrected chi connectivity index (χ3v) is 2.87. The van der Waals surface area contributed by atoms with E-state index in [9.17, 15) is 4.79 Å². The summed E-state index contributed by atoms with van der Waals surface area (Å²) < 4.78 is 11.0. The standard InChI is InChI=1S/C14H27NO3/c1-11(2)17-10-9-15-8-6-7-12(15)13(16)18-14(3,4)5/h11-12H,6-10H2,1-5H3/t12-/m0/s1. The van der Waals surface area contributed by atoms with Crippen molar-refractivity contribution in [2.45, 2.75) is 65.2 Å². The van der Waals surface area contributed by atoms with Gasteiger partial charge in [0.1, 0.15) is 11.6 Å². The largest absolute Gasteiger partial charge is 0.459 e. The summed E-state index contributed by atoms with van der Waals surface area (Å²) in [5.41, 5.74) is -0.403. The van der Waals surface area contributed by atoms with Crippen LogP contribution in [0.1, 0.15) is 47.5 Å². The lowest BCUT2D eigenvalue weighted by Crippen LogP contribution is -2.42. The topological polar surface area (TPSA) is 38.8 Å². The van der Waals surface area contributed by atoms with Gasteiger partial charge >= 0.3 is 5.97 Å². The SMILES string of the molecule is CC(C)OCCN1CCC[C@H]1C(=O)OC(C)(C)C. The maximum Gasteiger partial charge on any atom is 0.323 e. The Morgan fingerprint density at radius 1 is 1.39 bits per heavy atom. The minimum absolute atomic E-state index is 0.0833. The number of carbonyl (C=O) groups is 1. The van der Waals surface area contributed by atoms with Crippen molar-refractivity contribution in [1.29, 1.82) is 0 Å². The van der Waals surface area contributed by atoms with Crippen LogP contribution < -0.4 is 0 Å². The highest BCUT2D eigenvalue weighted by molar-refractivity contribution is 5.76. The highest BCUT2D eigenvalue weighted by atomic mass is 16.6. The molecule has 0 spiro atoms. The lowest BCUT2D eigenvalue weighted by Gasteiger charge is -2.27. The molecule has 0 aromatic heterocycles. The minimum Gasteiger partial charge on any atom is -0.459 e. The van der Waals surface area contributed by atoms with E-state index in [2.05, 4.69) is 4.90 Å². The number of rotatable bonds is 5. The molecule has 1 rings (SSSR count). The van der Waals surface area contributed by atoms with Gasteiger partial charge in [-0.2, -0.15) is 0 Å². The molecule has 0 aromatic carbocycles. The predicted octanol–water partition coefficient (Wildman–Crippen LogP) is 2.22. The molecule has 1 aliphatic rings.